The molecule has 4 heteroatoms. The van der Waals surface area contributed by atoms with Gasteiger partial charge in [0.15, 0.2) is 0 Å². The molecule has 7 aromatic carbocycles. The maximum absolute atomic E-state index is 10.4. The van der Waals surface area contributed by atoms with Crippen LogP contribution in [0.4, 0.5) is 0 Å². The van der Waals surface area contributed by atoms with Gasteiger partial charge in [0.25, 0.3) is 0 Å². The third-order valence-electron chi connectivity index (χ3n) is 13.4. The van der Waals surface area contributed by atoms with Crippen LogP contribution in [-0.2, 0) is 10.8 Å². The van der Waals surface area contributed by atoms with Crippen LogP contribution in [0.2, 0.25) is 0 Å². The van der Waals surface area contributed by atoms with E-state index in [2.05, 4.69) is 182 Å². The summed E-state index contributed by atoms with van der Waals surface area (Å²) in [6.07, 6.45) is 3.88. The largest absolute Gasteiger partial charge is 0.309 e. The summed E-state index contributed by atoms with van der Waals surface area (Å²) < 4.78 is 4.82. The molecule has 0 bridgehead atoms. The van der Waals surface area contributed by atoms with Crippen LogP contribution >= 0.6 is 0 Å². The zero-order valence-corrected chi connectivity index (χ0v) is 32.8. The van der Waals surface area contributed by atoms with Gasteiger partial charge in [0.1, 0.15) is 0 Å². The molecule has 0 amide bonds. The Labute approximate surface area is 336 Å². The molecule has 0 aliphatic heterocycles. The van der Waals surface area contributed by atoms with Crippen LogP contribution in [-0.4, -0.2) is 14.1 Å². The Kier molecular flexibility index (Phi) is 6.50. The number of hydrogen-bond donors (Lipinski definition) is 0. The number of pyridine rings is 1. The summed E-state index contributed by atoms with van der Waals surface area (Å²) in [5, 5.41) is 15.4. The predicted octanol–water partition coefficient (Wildman–Crippen LogP) is 13.4. The first-order chi connectivity index (χ1) is 28.3. The molecular weight excluding hydrogens is 705 g/mol. The van der Waals surface area contributed by atoms with E-state index in [4.69, 9.17) is 4.98 Å². The topological polar surface area (TPSA) is 46.5 Å². The van der Waals surface area contributed by atoms with Gasteiger partial charge in [-0.25, -0.2) is 0 Å². The predicted molar refractivity (Wildman–Crippen MR) is 238 cm³/mol. The number of fused-ring (bicyclic) bond motifs is 14. The van der Waals surface area contributed by atoms with E-state index in [9.17, 15) is 5.26 Å². The second kappa shape index (κ2) is 11.4. The molecule has 0 saturated heterocycles. The molecule has 0 fully saturated rings. The number of rotatable bonds is 3. The first-order valence-electron chi connectivity index (χ1n) is 20.1. The maximum Gasteiger partial charge on any atom is 0.0991 e. The normalized spacial score (nSPS) is 14.5. The Hall–Kier alpha value is -7.22. The van der Waals surface area contributed by atoms with Gasteiger partial charge in [-0.05, 0) is 93.0 Å². The Bertz CT molecular complexity index is 3470. The Morgan fingerprint density at radius 1 is 0.466 bits per heavy atom. The Morgan fingerprint density at radius 2 is 0.983 bits per heavy atom. The minimum atomic E-state index is -0.182. The van der Waals surface area contributed by atoms with Crippen molar-refractivity contribution < 1.29 is 0 Å². The average molecular weight is 743 g/mol. The minimum absolute atomic E-state index is 0.181. The van der Waals surface area contributed by atoms with Crippen molar-refractivity contribution in [3.63, 3.8) is 0 Å². The highest BCUT2D eigenvalue weighted by atomic mass is 15.0. The van der Waals surface area contributed by atoms with Gasteiger partial charge in [0.2, 0.25) is 0 Å². The second-order valence-electron chi connectivity index (χ2n) is 17.0. The molecule has 2 aliphatic rings. The minimum Gasteiger partial charge on any atom is -0.309 e. The van der Waals surface area contributed by atoms with Crippen LogP contribution in [0.15, 0.2) is 158 Å². The number of aromatic nitrogens is 3. The first-order valence-corrected chi connectivity index (χ1v) is 20.1. The second-order valence-corrected chi connectivity index (χ2v) is 17.0. The van der Waals surface area contributed by atoms with E-state index in [0.717, 1.165) is 44.6 Å². The fourth-order valence-electron chi connectivity index (χ4n) is 11.0. The molecule has 0 spiro atoms. The molecule has 10 aromatic rings. The van der Waals surface area contributed by atoms with Gasteiger partial charge in [-0.1, -0.05) is 125 Å². The average Bonchev–Trinajstić information content (AvgIpc) is 3.92. The molecular formula is C54H38N4. The van der Waals surface area contributed by atoms with Gasteiger partial charge in [-0.3, -0.25) is 4.98 Å². The number of benzene rings is 7. The van der Waals surface area contributed by atoms with Gasteiger partial charge in [0.05, 0.1) is 51.3 Å². The summed E-state index contributed by atoms with van der Waals surface area (Å²) in [6, 6.07) is 55.2. The van der Waals surface area contributed by atoms with E-state index in [1.54, 1.807) is 0 Å². The van der Waals surface area contributed by atoms with Gasteiger partial charge in [-0.2, -0.15) is 5.26 Å². The highest BCUT2D eigenvalue weighted by molar-refractivity contribution is 6.16. The molecule has 0 atom stereocenters. The number of nitrogens with zero attached hydrogens (tertiary/aromatic N) is 4. The lowest BCUT2D eigenvalue weighted by Crippen LogP contribution is -2.15. The lowest BCUT2D eigenvalue weighted by Gasteiger charge is -2.23. The first kappa shape index (κ1) is 33.0. The van der Waals surface area contributed by atoms with Crippen molar-refractivity contribution in [2.75, 3.05) is 0 Å². The molecule has 0 N–H and O–H groups in total. The van der Waals surface area contributed by atoms with E-state index in [0.29, 0.717) is 5.56 Å². The lowest BCUT2D eigenvalue weighted by molar-refractivity contribution is 0.666. The third kappa shape index (κ3) is 4.10. The summed E-state index contributed by atoms with van der Waals surface area (Å²) in [4.78, 5) is 4.79. The molecule has 0 radical (unpaired) electrons. The fraction of sp³-hybridized carbons (Fsp3) is 0.111. The van der Waals surface area contributed by atoms with E-state index in [1.807, 2.05) is 18.5 Å². The van der Waals surface area contributed by atoms with Gasteiger partial charge < -0.3 is 9.13 Å². The quantitative estimate of drug-likeness (QED) is 0.181. The van der Waals surface area contributed by atoms with E-state index in [1.165, 1.54) is 66.1 Å². The third-order valence-corrected chi connectivity index (χ3v) is 13.4. The molecule has 4 nitrogen and oxygen atoms in total. The summed E-state index contributed by atoms with van der Waals surface area (Å²) in [7, 11) is 0. The van der Waals surface area contributed by atoms with Gasteiger partial charge >= 0.3 is 0 Å². The Balaban J connectivity index is 1.16. The molecule has 0 saturated carbocycles. The zero-order chi connectivity index (χ0) is 39.1. The Morgan fingerprint density at radius 3 is 1.55 bits per heavy atom. The monoisotopic (exact) mass is 742 g/mol. The summed E-state index contributed by atoms with van der Waals surface area (Å²) >= 11 is 0. The molecule has 3 aromatic heterocycles. The van der Waals surface area contributed by atoms with Crippen LogP contribution in [0.1, 0.15) is 55.5 Å². The zero-order valence-electron chi connectivity index (χ0n) is 32.8. The van der Waals surface area contributed by atoms with Crippen molar-refractivity contribution in [2.45, 2.75) is 38.5 Å². The van der Waals surface area contributed by atoms with Crippen molar-refractivity contribution in [2.24, 2.45) is 0 Å². The van der Waals surface area contributed by atoms with Crippen LogP contribution in [0, 0.1) is 11.3 Å². The molecule has 12 rings (SSSR count). The lowest BCUT2D eigenvalue weighted by atomic mass is 9.80. The SMILES string of the molecule is CC1(C)c2ccccc2-c2ccc3c(c21)c1ccccc1n3-c1ccc(C#N)cc1-c1ccncc1-n1c2ccccc2c2c3c(ccc21)-c1ccccc1C3(C)C. The van der Waals surface area contributed by atoms with Crippen molar-refractivity contribution in [1.29, 1.82) is 5.26 Å². The molecule has 0 unspecified atom stereocenters. The fourth-order valence-corrected chi connectivity index (χ4v) is 11.0. The molecule has 58 heavy (non-hydrogen) atoms. The van der Waals surface area contributed by atoms with Crippen LogP contribution in [0.5, 0.6) is 0 Å². The summed E-state index contributed by atoms with van der Waals surface area (Å²) in [5.41, 5.74) is 19.4. The molecule has 274 valence electrons. The van der Waals surface area contributed by atoms with Crippen LogP contribution in [0.25, 0.3) is 88.4 Å². The van der Waals surface area contributed by atoms with Crippen LogP contribution < -0.4 is 0 Å². The van der Waals surface area contributed by atoms with Gasteiger partial charge in [-0.15, -0.1) is 0 Å². The number of para-hydroxylation sites is 2. The van der Waals surface area contributed by atoms with Crippen molar-refractivity contribution in [3.8, 4) is 50.8 Å². The summed E-state index contributed by atoms with van der Waals surface area (Å²) in [5.74, 6) is 0. The van der Waals surface area contributed by atoms with Crippen molar-refractivity contribution in [1.82, 2.24) is 14.1 Å². The smallest absolute Gasteiger partial charge is 0.0991 e. The standard InChI is InChI=1S/C54H38N4/c1-53(2)41-17-9-5-13-33(41)36-22-25-46-49(51(36)53)38-15-7-11-19-43(38)57(46)45-24-21-32(30-55)29-40(45)35-27-28-56-31-48(35)58-44-20-12-8-16-39(44)50-47(58)26-23-37-34-14-6-10-18-42(34)54(3,4)52(37)50/h5-29,31H,1-4H3. The van der Waals surface area contributed by atoms with Crippen LogP contribution in [0.3, 0.4) is 0 Å². The maximum atomic E-state index is 10.4. The highest BCUT2D eigenvalue weighted by Gasteiger charge is 2.39. The highest BCUT2D eigenvalue weighted by Crippen LogP contribution is 2.55. The molecule has 2 aliphatic carbocycles. The number of hydrogen-bond acceptors (Lipinski definition) is 2. The van der Waals surface area contributed by atoms with Gasteiger partial charge in [0, 0.05) is 49.7 Å². The summed E-state index contributed by atoms with van der Waals surface area (Å²) in [6.45, 7) is 9.44. The van der Waals surface area contributed by atoms with E-state index < -0.39 is 0 Å². The van der Waals surface area contributed by atoms with Crippen molar-refractivity contribution in [3.05, 3.63) is 186 Å². The van der Waals surface area contributed by atoms with E-state index >= 15 is 0 Å². The van der Waals surface area contributed by atoms with Crippen molar-refractivity contribution >= 4 is 43.6 Å². The van der Waals surface area contributed by atoms with E-state index in [-0.39, 0.29) is 10.8 Å². The number of nitriles is 1. The molecule has 3 heterocycles.